The number of aryl methyl sites for hydroxylation is 1. The molecule has 148 valence electrons. The highest BCUT2D eigenvalue weighted by Gasteiger charge is 2.08. The van der Waals surface area contributed by atoms with Crippen LogP contribution < -0.4 is 25.6 Å². The fourth-order valence-corrected chi connectivity index (χ4v) is 2.56. The third-order valence-corrected chi connectivity index (χ3v) is 4.69. The first-order valence-corrected chi connectivity index (χ1v) is 9.48. The van der Waals surface area contributed by atoms with Crippen LogP contribution in [0.15, 0.2) is 46.9 Å². The fourth-order valence-electron chi connectivity index (χ4n) is 2.15. The number of carbonyl (C=O) groups is 2. The average molecular weight is 466 g/mol. The van der Waals surface area contributed by atoms with Crippen LogP contribution in [0, 0.1) is 6.92 Å². The Balaban J connectivity index is 1.69. The van der Waals surface area contributed by atoms with Crippen molar-refractivity contribution < 1.29 is 19.1 Å². The van der Waals surface area contributed by atoms with E-state index in [4.69, 9.17) is 21.7 Å². The lowest BCUT2D eigenvalue weighted by Gasteiger charge is -2.12. The van der Waals surface area contributed by atoms with Gasteiger partial charge in [0.15, 0.2) is 11.7 Å². The lowest BCUT2D eigenvalue weighted by molar-refractivity contribution is -0.124. The first kappa shape index (κ1) is 21.6. The summed E-state index contributed by atoms with van der Waals surface area (Å²) in [5, 5.41) is 2.48. The topological polar surface area (TPSA) is 88.7 Å². The van der Waals surface area contributed by atoms with Gasteiger partial charge in [-0.3, -0.25) is 20.4 Å². The number of methoxy groups -OCH3 is 1. The van der Waals surface area contributed by atoms with Crippen LogP contribution in [0.4, 0.5) is 0 Å². The fraction of sp³-hybridized carbons (Fsp3) is 0.211. The number of hydrogen-bond donors (Lipinski definition) is 3. The van der Waals surface area contributed by atoms with Crippen LogP contribution in [-0.4, -0.2) is 30.6 Å². The van der Waals surface area contributed by atoms with Gasteiger partial charge < -0.3 is 14.8 Å². The Morgan fingerprint density at radius 3 is 2.36 bits per heavy atom. The average Bonchev–Trinajstić information content (AvgIpc) is 2.67. The second-order valence-corrected chi connectivity index (χ2v) is 7.04. The lowest BCUT2D eigenvalue weighted by atomic mass is 10.1. The zero-order chi connectivity index (χ0) is 20.5. The van der Waals surface area contributed by atoms with Crippen LogP contribution in [0.3, 0.4) is 0 Å². The van der Waals surface area contributed by atoms with Crippen molar-refractivity contribution in [3.05, 3.63) is 58.1 Å². The molecule has 0 aliphatic carbocycles. The van der Waals surface area contributed by atoms with E-state index in [1.54, 1.807) is 37.4 Å². The molecule has 0 radical (unpaired) electrons. The van der Waals surface area contributed by atoms with E-state index in [9.17, 15) is 9.59 Å². The van der Waals surface area contributed by atoms with Crippen molar-refractivity contribution in [2.75, 3.05) is 13.7 Å². The largest absolute Gasteiger partial charge is 0.497 e. The Morgan fingerprint density at radius 1 is 1.04 bits per heavy atom. The summed E-state index contributed by atoms with van der Waals surface area (Å²) in [6, 6.07) is 12.5. The number of amides is 2. The van der Waals surface area contributed by atoms with Gasteiger partial charge in [-0.1, -0.05) is 28.1 Å². The molecule has 0 atom stereocenters. The van der Waals surface area contributed by atoms with E-state index >= 15 is 0 Å². The number of hydrazine groups is 1. The van der Waals surface area contributed by atoms with Crippen molar-refractivity contribution in [3.8, 4) is 11.5 Å². The van der Waals surface area contributed by atoms with Gasteiger partial charge in [-0.15, -0.1) is 0 Å². The van der Waals surface area contributed by atoms with Gasteiger partial charge in [0.1, 0.15) is 11.5 Å². The molecule has 2 aromatic rings. The smallest absolute Gasteiger partial charge is 0.276 e. The molecule has 0 saturated heterocycles. The van der Waals surface area contributed by atoms with E-state index in [2.05, 4.69) is 32.1 Å². The molecule has 7 nitrogen and oxygen atoms in total. The minimum Gasteiger partial charge on any atom is -0.497 e. The molecule has 0 fully saturated rings. The molecule has 28 heavy (non-hydrogen) atoms. The number of ether oxygens (including phenoxy) is 2. The summed E-state index contributed by atoms with van der Waals surface area (Å²) in [7, 11) is 1.57. The zero-order valence-electron chi connectivity index (χ0n) is 15.4. The Hall–Kier alpha value is -2.65. The van der Waals surface area contributed by atoms with Crippen LogP contribution in [0.1, 0.15) is 11.1 Å². The Bertz CT molecular complexity index is 859. The highest BCUT2D eigenvalue weighted by atomic mass is 79.9. The molecular formula is C19H20BrN3O4S. The third-order valence-electron chi connectivity index (χ3n) is 3.59. The summed E-state index contributed by atoms with van der Waals surface area (Å²) in [5.74, 6) is 0.543. The van der Waals surface area contributed by atoms with Crippen LogP contribution in [0.2, 0.25) is 0 Å². The molecule has 0 bridgehead atoms. The second kappa shape index (κ2) is 10.6. The van der Waals surface area contributed by atoms with Crippen molar-refractivity contribution in [2.24, 2.45) is 0 Å². The number of carbonyl (C=O) groups excluding carboxylic acids is 2. The van der Waals surface area contributed by atoms with Crippen LogP contribution in [-0.2, 0) is 16.0 Å². The minimum atomic E-state index is -0.438. The first-order chi connectivity index (χ1) is 13.4. The van der Waals surface area contributed by atoms with E-state index in [0.29, 0.717) is 11.5 Å². The minimum absolute atomic E-state index is 0.00801. The van der Waals surface area contributed by atoms with E-state index in [0.717, 1.165) is 15.6 Å². The summed E-state index contributed by atoms with van der Waals surface area (Å²) in [4.78, 5) is 23.8. The number of halogens is 1. The van der Waals surface area contributed by atoms with Crippen molar-refractivity contribution in [1.29, 1.82) is 0 Å². The van der Waals surface area contributed by atoms with Crippen molar-refractivity contribution >= 4 is 45.1 Å². The van der Waals surface area contributed by atoms with Gasteiger partial charge in [-0.2, -0.15) is 0 Å². The van der Waals surface area contributed by atoms with Gasteiger partial charge in [-0.25, -0.2) is 0 Å². The first-order valence-electron chi connectivity index (χ1n) is 8.28. The summed E-state index contributed by atoms with van der Waals surface area (Å²) in [5.41, 5.74) is 6.64. The highest BCUT2D eigenvalue weighted by Crippen LogP contribution is 2.21. The monoisotopic (exact) mass is 465 g/mol. The quantitative estimate of drug-likeness (QED) is 0.448. The standard InChI is InChI=1S/C19H20BrN3O4S/c1-12-9-15(7-8-16(12)20)27-11-18(25)22-23-19(28)21-17(24)10-13-3-5-14(26-2)6-4-13/h3-9H,10-11H2,1-2H3,(H,22,25)(H2,21,23,24,28). The molecular weight excluding hydrogens is 446 g/mol. The Kier molecular flexibility index (Phi) is 8.21. The lowest BCUT2D eigenvalue weighted by Crippen LogP contribution is -2.49. The molecule has 2 rings (SSSR count). The summed E-state index contributed by atoms with van der Waals surface area (Å²) >= 11 is 8.39. The van der Waals surface area contributed by atoms with Crippen molar-refractivity contribution in [3.63, 3.8) is 0 Å². The predicted octanol–water partition coefficient (Wildman–Crippen LogP) is 2.41. The van der Waals surface area contributed by atoms with Crippen LogP contribution >= 0.6 is 28.1 Å². The van der Waals surface area contributed by atoms with Crippen molar-refractivity contribution in [2.45, 2.75) is 13.3 Å². The maximum atomic E-state index is 12.0. The normalized spacial score (nSPS) is 9.96. The Labute approximate surface area is 176 Å². The van der Waals surface area contributed by atoms with E-state index < -0.39 is 5.91 Å². The highest BCUT2D eigenvalue weighted by molar-refractivity contribution is 9.10. The predicted molar refractivity (Wildman–Crippen MR) is 113 cm³/mol. The van der Waals surface area contributed by atoms with Gasteiger partial charge >= 0.3 is 0 Å². The van der Waals surface area contributed by atoms with Crippen LogP contribution in [0.25, 0.3) is 0 Å². The van der Waals surface area contributed by atoms with Gasteiger partial charge in [0, 0.05) is 4.47 Å². The van der Waals surface area contributed by atoms with E-state index in [-0.39, 0.29) is 24.0 Å². The van der Waals surface area contributed by atoms with Gasteiger partial charge in [0.05, 0.1) is 13.5 Å². The van der Waals surface area contributed by atoms with E-state index in [1.807, 2.05) is 19.1 Å². The third kappa shape index (κ3) is 7.16. The molecule has 2 amide bonds. The number of nitrogens with one attached hydrogen (secondary N) is 3. The van der Waals surface area contributed by atoms with Gasteiger partial charge in [0.2, 0.25) is 5.91 Å². The summed E-state index contributed by atoms with van der Waals surface area (Å²) < 4.78 is 11.4. The zero-order valence-corrected chi connectivity index (χ0v) is 17.8. The molecule has 0 spiro atoms. The van der Waals surface area contributed by atoms with Gasteiger partial charge in [-0.05, 0) is 60.6 Å². The maximum absolute atomic E-state index is 12.0. The molecule has 2 aromatic carbocycles. The van der Waals surface area contributed by atoms with E-state index in [1.165, 1.54) is 0 Å². The molecule has 0 aliphatic rings. The number of thiocarbonyl (C=S) groups is 1. The van der Waals surface area contributed by atoms with Crippen LogP contribution in [0.5, 0.6) is 11.5 Å². The SMILES string of the molecule is COc1ccc(CC(=O)NC(=S)NNC(=O)COc2ccc(Br)c(C)c2)cc1. The summed E-state index contributed by atoms with van der Waals surface area (Å²) in [6.07, 6.45) is 0.145. The molecule has 0 unspecified atom stereocenters. The van der Waals surface area contributed by atoms with Gasteiger partial charge in [0.25, 0.3) is 5.91 Å². The summed E-state index contributed by atoms with van der Waals surface area (Å²) in [6.45, 7) is 1.72. The van der Waals surface area contributed by atoms with Crippen molar-refractivity contribution in [1.82, 2.24) is 16.2 Å². The Morgan fingerprint density at radius 2 is 1.71 bits per heavy atom. The molecule has 0 saturated carbocycles. The molecule has 3 N–H and O–H groups in total. The second-order valence-electron chi connectivity index (χ2n) is 5.77. The number of benzene rings is 2. The maximum Gasteiger partial charge on any atom is 0.276 e. The molecule has 0 aromatic heterocycles. The number of hydrogen-bond acceptors (Lipinski definition) is 5. The molecule has 0 aliphatic heterocycles. The molecule has 9 heteroatoms. The molecule has 0 heterocycles. The number of rotatable bonds is 6.